The first-order chi connectivity index (χ1) is 15.4. The minimum atomic E-state index is -0.836. The molecule has 0 atom stereocenters. The SMILES string of the molecule is Cn1ccc2cc(-c3cccc(/C=C4\SC(=O)N(CCCCCC(=O)O)C4=O)n3)ccc21. The zero-order valence-corrected chi connectivity index (χ0v) is 18.5. The van der Waals surface area contributed by atoms with Crippen molar-refractivity contribution in [2.75, 3.05) is 6.54 Å². The first-order valence-electron chi connectivity index (χ1n) is 10.4. The van der Waals surface area contributed by atoms with Gasteiger partial charge in [-0.25, -0.2) is 4.98 Å². The number of benzene rings is 1. The number of hydrogen-bond donors (Lipinski definition) is 1. The van der Waals surface area contributed by atoms with Crippen LogP contribution in [0.15, 0.2) is 53.6 Å². The number of thioether (sulfide) groups is 1. The van der Waals surface area contributed by atoms with Crippen LogP contribution in [0.2, 0.25) is 0 Å². The lowest BCUT2D eigenvalue weighted by molar-refractivity contribution is -0.137. The molecule has 0 unspecified atom stereocenters. The van der Waals surface area contributed by atoms with Crippen LogP contribution < -0.4 is 0 Å². The van der Waals surface area contributed by atoms with Gasteiger partial charge in [0.1, 0.15) is 0 Å². The maximum atomic E-state index is 12.7. The maximum absolute atomic E-state index is 12.7. The number of carbonyl (C=O) groups is 3. The molecule has 1 fully saturated rings. The smallest absolute Gasteiger partial charge is 0.303 e. The number of aryl methyl sites for hydroxylation is 1. The average molecular weight is 450 g/mol. The summed E-state index contributed by atoms with van der Waals surface area (Å²) in [6.07, 6.45) is 5.55. The summed E-state index contributed by atoms with van der Waals surface area (Å²) < 4.78 is 2.06. The summed E-state index contributed by atoms with van der Waals surface area (Å²) in [6, 6.07) is 13.8. The lowest BCUT2D eigenvalue weighted by Crippen LogP contribution is -2.29. The van der Waals surface area contributed by atoms with Gasteiger partial charge >= 0.3 is 5.97 Å². The van der Waals surface area contributed by atoms with Crippen molar-refractivity contribution in [3.05, 3.63) is 59.3 Å². The van der Waals surface area contributed by atoms with Crippen LogP contribution in [-0.2, 0) is 16.6 Å². The van der Waals surface area contributed by atoms with E-state index in [1.54, 1.807) is 6.08 Å². The highest BCUT2D eigenvalue weighted by atomic mass is 32.2. The number of hydrogen-bond acceptors (Lipinski definition) is 5. The lowest BCUT2D eigenvalue weighted by atomic mass is 10.1. The molecular weight excluding hydrogens is 426 g/mol. The summed E-state index contributed by atoms with van der Waals surface area (Å²) in [5, 5.41) is 9.51. The molecule has 2 aromatic heterocycles. The Balaban J connectivity index is 1.47. The molecule has 0 radical (unpaired) electrons. The van der Waals surface area contributed by atoms with Gasteiger partial charge in [-0.1, -0.05) is 18.6 Å². The fourth-order valence-electron chi connectivity index (χ4n) is 3.68. The molecule has 3 heterocycles. The van der Waals surface area contributed by atoms with Crippen molar-refractivity contribution >= 4 is 45.9 Å². The molecule has 1 aromatic carbocycles. The average Bonchev–Trinajstić information content (AvgIpc) is 3.27. The van der Waals surface area contributed by atoms with Gasteiger partial charge < -0.3 is 9.67 Å². The van der Waals surface area contributed by atoms with Gasteiger partial charge in [0.05, 0.1) is 16.3 Å². The zero-order chi connectivity index (χ0) is 22.7. The Labute approximate surface area is 189 Å². The number of pyridine rings is 1. The third kappa shape index (κ3) is 4.75. The number of fused-ring (bicyclic) bond motifs is 1. The van der Waals surface area contributed by atoms with Crippen LogP contribution >= 0.6 is 11.8 Å². The molecule has 3 aromatic rings. The standard InChI is InChI=1S/C24H23N3O4S/c1-26-13-11-17-14-16(9-10-20(17)26)19-7-5-6-18(25-19)15-21-23(30)27(24(31)32-21)12-4-2-3-8-22(28)29/h5-7,9-11,13-15H,2-4,8,12H2,1H3,(H,28,29)/b21-15-. The Morgan fingerprint density at radius 1 is 1.12 bits per heavy atom. The normalized spacial score (nSPS) is 15.3. The largest absolute Gasteiger partial charge is 0.481 e. The Morgan fingerprint density at radius 2 is 1.97 bits per heavy atom. The number of carboxylic acid groups (broad SMARTS) is 1. The van der Waals surface area contributed by atoms with E-state index < -0.39 is 5.97 Å². The van der Waals surface area contributed by atoms with Crippen LogP contribution in [-0.4, -0.2) is 43.2 Å². The third-order valence-electron chi connectivity index (χ3n) is 5.38. The monoisotopic (exact) mass is 449 g/mol. The number of carbonyl (C=O) groups excluding carboxylic acids is 2. The van der Waals surface area contributed by atoms with Crippen LogP contribution in [0.3, 0.4) is 0 Å². The van der Waals surface area contributed by atoms with Crippen molar-refractivity contribution in [2.45, 2.75) is 25.7 Å². The van der Waals surface area contributed by atoms with Gasteiger partial charge in [0, 0.05) is 42.7 Å². The number of nitrogens with zero attached hydrogens (tertiary/aromatic N) is 3. The molecule has 2 amide bonds. The highest BCUT2D eigenvalue weighted by Crippen LogP contribution is 2.32. The van der Waals surface area contributed by atoms with E-state index in [9.17, 15) is 14.4 Å². The number of unbranched alkanes of at least 4 members (excludes halogenated alkanes) is 2. The van der Waals surface area contributed by atoms with E-state index in [1.165, 1.54) is 4.90 Å². The van der Waals surface area contributed by atoms with Crippen LogP contribution in [0, 0.1) is 0 Å². The third-order valence-corrected chi connectivity index (χ3v) is 6.28. The van der Waals surface area contributed by atoms with Gasteiger partial charge in [-0.05, 0) is 61.0 Å². The zero-order valence-electron chi connectivity index (χ0n) is 17.7. The predicted molar refractivity (Wildman–Crippen MR) is 125 cm³/mol. The molecule has 0 aliphatic carbocycles. The van der Waals surface area contributed by atoms with E-state index in [1.807, 2.05) is 37.5 Å². The molecule has 8 heteroatoms. The fourth-order valence-corrected chi connectivity index (χ4v) is 4.53. The quantitative estimate of drug-likeness (QED) is 0.388. The molecule has 1 aliphatic heterocycles. The fraction of sp³-hybridized carbons (Fsp3) is 0.250. The van der Waals surface area contributed by atoms with Crippen molar-refractivity contribution in [2.24, 2.45) is 7.05 Å². The van der Waals surface area contributed by atoms with Gasteiger partial charge in [-0.3, -0.25) is 19.3 Å². The van der Waals surface area contributed by atoms with E-state index in [-0.39, 0.29) is 17.6 Å². The first kappa shape index (κ1) is 21.8. The molecule has 7 nitrogen and oxygen atoms in total. The number of aromatic nitrogens is 2. The van der Waals surface area contributed by atoms with E-state index in [2.05, 4.69) is 27.8 Å². The second-order valence-electron chi connectivity index (χ2n) is 7.69. The predicted octanol–water partition coefficient (Wildman–Crippen LogP) is 4.92. The molecule has 32 heavy (non-hydrogen) atoms. The maximum Gasteiger partial charge on any atom is 0.303 e. The second-order valence-corrected chi connectivity index (χ2v) is 8.68. The molecular formula is C24H23N3O4S. The molecule has 164 valence electrons. The number of aliphatic carboxylic acids is 1. The number of imide groups is 1. The molecule has 1 aliphatic rings. The number of carboxylic acids is 1. The highest BCUT2D eigenvalue weighted by Gasteiger charge is 2.34. The van der Waals surface area contributed by atoms with Crippen molar-refractivity contribution < 1.29 is 19.5 Å². The summed E-state index contributed by atoms with van der Waals surface area (Å²) >= 11 is 0.913. The van der Waals surface area contributed by atoms with Gasteiger partial charge in [0.15, 0.2) is 0 Å². The summed E-state index contributed by atoms with van der Waals surface area (Å²) in [6.45, 7) is 0.298. The Bertz CT molecular complexity index is 1230. The van der Waals surface area contributed by atoms with Crippen molar-refractivity contribution in [1.29, 1.82) is 0 Å². The molecule has 0 spiro atoms. The van der Waals surface area contributed by atoms with E-state index in [0.29, 0.717) is 36.4 Å². The van der Waals surface area contributed by atoms with Gasteiger partial charge in [0.25, 0.3) is 11.1 Å². The summed E-state index contributed by atoms with van der Waals surface area (Å²) in [4.78, 5) is 41.8. The number of amides is 2. The molecule has 0 saturated carbocycles. The van der Waals surface area contributed by atoms with E-state index in [4.69, 9.17) is 5.11 Å². The van der Waals surface area contributed by atoms with Gasteiger partial charge in [0.2, 0.25) is 0 Å². The Morgan fingerprint density at radius 3 is 2.78 bits per heavy atom. The molecule has 1 N–H and O–H groups in total. The van der Waals surface area contributed by atoms with Crippen LogP contribution in [0.5, 0.6) is 0 Å². The Kier molecular flexibility index (Phi) is 6.41. The van der Waals surface area contributed by atoms with Crippen molar-refractivity contribution in [3.63, 3.8) is 0 Å². The van der Waals surface area contributed by atoms with Gasteiger partial charge in [-0.15, -0.1) is 0 Å². The number of rotatable bonds is 8. The lowest BCUT2D eigenvalue weighted by Gasteiger charge is -2.11. The second kappa shape index (κ2) is 9.40. The van der Waals surface area contributed by atoms with Crippen molar-refractivity contribution in [3.8, 4) is 11.3 Å². The van der Waals surface area contributed by atoms with Crippen LogP contribution in [0.1, 0.15) is 31.4 Å². The first-order valence-corrected chi connectivity index (χ1v) is 11.2. The molecule has 0 bridgehead atoms. The van der Waals surface area contributed by atoms with Crippen LogP contribution in [0.4, 0.5) is 4.79 Å². The Hall–Kier alpha value is -3.39. The minimum absolute atomic E-state index is 0.0982. The molecule has 1 saturated heterocycles. The van der Waals surface area contributed by atoms with E-state index >= 15 is 0 Å². The van der Waals surface area contributed by atoms with Crippen molar-refractivity contribution in [1.82, 2.24) is 14.5 Å². The van der Waals surface area contributed by atoms with E-state index in [0.717, 1.165) is 33.9 Å². The summed E-state index contributed by atoms with van der Waals surface area (Å²) in [5.74, 6) is -1.16. The van der Waals surface area contributed by atoms with Crippen LogP contribution in [0.25, 0.3) is 28.2 Å². The summed E-state index contributed by atoms with van der Waals surface area (Å²) in [5.41, 5.74) is 3.53. The minimum Gasteiger partial charge on any atom is -0.481 e. The summed E-state index contributed by atoms with van der Waals surface area (Å²) in [7, 11) is 2.00. The highest BCUT2D eigenvalue weighted by molar-refractivity contribution is 8.18. The topological polar surface area (TPSA) is 92.5 Å². The van der Waals surface area contributed by atoms with Gasteiger partial charge in [-0.2, -0.15) is 0 Å². The molecule has 4 rings (SSSR count).